The second-order valence-corrected chi connectivity index (χ2v) is 9.78. The summed E-state index contributed by atoms with van der Waals surface area (Å²) < 4.78 is 54.1. The lowest BCUT2D eigenvalue weighted by Crippen LogP contribution is -2.49. The van der Waals surface area contributed by atoms with Gasteiger partial charge in [0, 0.05) is 31.6 Å². The predicted octanol–water partition coefficient (Wildman–Crippen LogP) is 4.20. The first-order valence-electron chi connectivity index (χ1n) is 10.2. The van der Waals surface area contributed by atoms with Crippen LogP contribution < -0.4 is 4.90 Å². The number of para-hydroxylation sites is 1. The molecule has 0 atom stereocenters. The van der Waals surface area contributed by atoms with Crippen molar-refractivity contribution in [2.75, 3.05) is 31.1 Å². The van der Waals surface area contributed by atoms with Crippen molar-refractivity contribution in [1.82, 2.24) is 14.3 Å². The number of aromatic nitrogens is 2. The van der Waals surface area contributed by atoms with Crippen molar-refractivity contribution >= 4 is 26.7 Å². The van der Waals surface area contributed by atoms with Gasteiger partial charge in [-0.25, -0.2) is 27.2 Å². The molecule has 0 aliphatic carbocycles. The number of hydrogen-bond acceptors (Lipinski definition) is 5. The number of rotatable bonds is 5. The molecule has 2 heterocycles. The SMILES string of the molecule is CC(C)c1ccc(S(=O)(=O)N2CCN(c3nc(C(F)F)nc4ccccc34)CC2)cc1. The molecule has 4 rings (SSSR count). The number of alkyl halides is 2. The number of benzene rings is 2. The molecule has 0 saturated carbocycles. The van der Waals surface area contributed by atoms with Crippen molar-refractivity contribution in [1.29, 1.82) is 0 Å². The van der Waals surface area contributed by atoms with Crippen LogP contribution in [0.25, 0.3) is 10.9 Å². The van der Waals surface area contributed by atoms with E-state index in [0.717, 1.165) is 5.56 Å². The molecule has 1 aromatic heterocycles. The molecule has 1 fully saturated rings. The molecule has 0 N–H and O–H groups in total. The molecule has 164 valence electrons. The minimum atomic E-state index is -3.62. The maximum absolute atomic E-state index is 13.3. The Morgan fingerprint density at radius 1 is 0.903 bits per heavy atom. The first-order chi connectivity index (χ1) is 14.8. The molecule has 0 unspecified atom stereocenters. The molecule has 9 heteroatoms. The van der Waals surface area contributed by atoms with Crippen LogP contribution in [0.15, 0.2) is 53.4 Å². The van der Waals surface area contributed by atoms with Gasteiger partial charge in [-0.1, -0.05) is 38.1 Å². The van der Waals surface area contributed by atoms with E-state index in [1.54, 1.807) is 36.4 Å². The van der Waals surface area contributed by atoms with Gasteiger partial charge in [0.15, 0.2) is 5.82 Å². The Labute approximate surface area is 180 Å². The highest BCUT2D eigenvalue weighted by atomic mass is 32.2. The third-order valence-electron chi connectivity index (χ3n) is 5.52. The largest absolute Gasteiger partial charge is 0.353 e. The summed E-state index contributed by atoms with van der Waals surface area (Å²) >= 11 is 0. The van der Waals surface area contributed by atoms with E-state index in [9.17, 15) is 17.2 Å². The van der Waals surface area contributed by atoms with Gasteiger partial charge in [-0.3, -0.25) is 0 Å². The van der Waals surface area contributed by atoms with Gasteiger partial charge in [-0.05, 0) is 35.7 Å². The van der Waals surface area contributed by atoms with Gasteiger partial charge in [0.25, 0.3) is 6.43 Å². The second kappa shape index (κ2) is 8.47. The van der Waals surface area contributed by atoms with Crippen LogP contribution in [-0.2, 0) is 10.0 Å². The van der Waals surface area contributed by atoms with Gasteiger partial charge in [0.05, 0.1) is 10.4 Å². The van der Waals surface area contributed by atoms with Crippen molar-refractivity contribution in [3.8, 4) is 0 Å². The van der Waals surface area contributed by atoms with Crippen LogP contribution in [0.3, 0.4) is 0 Å². The molecule has 0 bridgehead atoms. The van der Waals surface area contributed by atoms with E-state index < -0.39 is 22.3 Å². The topological polar surface area (TPSA) is 66.4 Å². The highest BCUT2D eigenvalue weighted by Gasteiger charge is 2.30. The standard InChI is InChI=1S/C22H24F2N4O2S/c1-15(2)16-7-9-17(10-8-16)31(29,30)28-13-11-27(12-14-28)22-18-5-3-4-6-19(18)25-21(26-22)20(23)24/h3-10,15,20H,11-14H2,1-2H3. The van der Waals surface area contributed by atoms with Gasteiger partial charge in [-0.2, -0.15) is 4.31 Å². The first-order valence-corrected chi connectivity index (χ1v) is 11.6. The van der Waals surface area contributed by atoms with Gasteiger partial charge >= 0.3 is 0 Å². The third-order valence-corrected chi connectivity index (χ3v) is 7.43. The number of halogens is 2. The Bertz CT molecular complexity index is 1180. The summed E-state index contributed by atoms with van der Waals surface area (Å²) in [6, 6.07) is 14.0. The van der Waals surface area contributed by atoms with Gasteiger partial charge < -0.3 is 4.90 Å². The van der Waals surface area contributed by atoms with E-state index in [1.807, 2.05) is 17.0 Å². The van der Waals surface area contributed by atoms with E-state index in [0.29, 0.717) is 35.7 Å². The van der Waals surface area contributed by atoms with Crippen LogP contribution >= 0.6 is 0 Å². The Hall–Kier alpha value is -2.65. The quantitative estimate of drug-likeness (QED) is 0.588. The Kier molecular flexibility index (Phi) is 5.90. The first kappa shape index (κ1) is 21.6. The smallest absolute Gasteiger partial charge is 0.297 e. The average molecular weight is 447 g/mol. The summed E-state index contributed by atoms with van der Waals surface area (Å²) in [5.41, 5.74) is 1.53. The van der Waals surface area contributed by atoms with Gasteiger partial charge in [-0.15, -0.1) is 0 Å². The molecular weight excluding hydrogens is 422 g/mol. The zero-order valence-electron chi connectivity index (χ0n) is 17.4. The Balaban J connectivity index is 1.56. The number of hydrogen-bond donors (Lipinski definition) is 0. The van der Waals surface area contributed by atoms with Crippen LogP contribution in [0, 0.1) is 0 Å². The number of anilines is 1. The lowest BCUT2D eigenvalue weighted by Gasteiger charge is -2.35. The van der Waals surface area contributed by atoms with E-state index in [4.69, 9.17) is 0 Å². The Morgan fingerprint density at radius 3 is 2.16 bits per heavy atom. The molecule has 6 nitrogen and oxygen atoms in total. The molecule has 31 heavy (non-hydrogen) atoms. The summed E-state index contributed by atoms with van der Waals surface area (Å²) in [7, 11) is -3.62. The molecular formula is C22H24F2N4O2S. The molecule has 0 amide bonds. The van der Waals surface area contributed by atoms with Crippen LogP contribution in [0.2, 0.25) is 0 Å². The van der Waals surface area contributed by atoms with Crippen molar-refractivity contribution in [2.24, 2.45) is 0 Å². The summed E-state index contributed by atoms with van der Waals surface area (Å²) in [6.07, 6.45) is -2.78. The lowest BCUT2D eigenvalue weighted by molar-refractivity contribution is 0.141. The zero-order valence-corrected chi connectivity index (χ0v) is 18.2. The van der Waals surface area contributed by atoms with Crippen LogP contribution in [0.1, 0.15) is 37.6 Å². The van der Waals surface area contributed by atoms with E-state index >= 15 is 0 Å². The fourth-order valence-electron chi connectivity index (χ4n) is 3.73. The molecule has 3 aromatic rings. The molecule has 1 aliphatic heterocycles. The van der Waals surface area contributed by atoms with E-state index in [1.165, 1.54) is 4.31 Å². The van der Waals surface area contributed by atoms with Crippen LogP contribution in [-0.4, -0.2) is 48.9 Å². The molecule has 1 saturated heterocycles. The summed E-state index contributed by atoms with van der Waals surface area (Å²) in [5, 5.41) is 0.674. The monoisotopic (exact) mass is 446 g/mol. The van der Waals surface area contributed by atoms with Crippen LogP contribution in [0.5, 0.6) is 0 Å². The van der Waals surface area contributed by atoms with Crippen molar-refractivity contribution in [2.45, 2.75) is 31.1 Å². The minimum Gasteiger partial charge on any atom is -0.353 e. The highest BCUT2D eigenvalue weighted by molar-refractivity contribution is 7.89. The third kappa shape index (κ3) is 4.24. The normalized spacial score (nSPS) is 15.9. The number of fused-ring (bicyclic) bond motifs is 1. The highest BCUT2D eigenvalue weighted by Crippen LogP contribution is 2.29. The van der Waals surface area contributed by atoms with E-state index in [2.05, 4.69) is 23.8 Å². The maximum Gasteiger partial charge on any atom is 0.297 e. The number of piperazine rings is 1. The molecule has 0 spiro atoms. The predicted molar refractivity (Wildman–Crippen MR) is 116 cm³/mol. The lowest BCUT2D eigenvalue weighted by atomic mass is 10.0. The van der Waals surface area contributed by atoms with Crippen LogP contribution in [0.4, 0.5) is 14.6 Å². The van der Waals surface area contributed by atoms with E-state index in [-0.39, 0.29) is 18.0 Å². The minimum absolute atomic E-state index is 0.247. The molecule has 0 radical (unpaired) electrons. The van der Waals surface area contributed by atoms with Gasteiger partial charge in [0.2, 0.25) is 10.0 Å². The molecule has 1 aliphatic rings. The fourth-order valence-corrected chi connectivity index (χ4v) is 5.15. The van der Waals surface area contributed by atoms with Gasteiger partial charge in [0.1, 0.15) is 5.82 Å². The second-order valence-electron chi connectivity index (χ2n) is 7.84. The number of nitrogens with zero attached hydrogens (tertiary/aromatic N) is 4. The summed E-state index contributed by atoms with van der Waals surface area (Å²) in [6.45, 7) is 5.31. The molecule has 2 aromatic carbocycles. The number of sulfonamides is 1. The van der Waals surface area contributed by atoms with Crippen molar-refractivity contribution in [3.63, 3.8) is 0 Å². The summed E-state index contributed by atoms with van der Waals surface area (Å²) in [5.74, 6) is 0.217. The summed E-state index contributed by atoms with van der Waals surface area (Å²) in [4.78, 5) is 10.2. The zero-order chi connectivity index (χ0) is 22.2. The average Bonchev–Trinajstić information content (AvgIpc) is 2.78. The van der Waals surface area contributed by atoms with Crippen molar-refractivity contribution in [3.05, 3.63) is 59.9 Å². The van der Waals surface area contributed by atoms with Crippen molar-refractivity contribution < 1.29 is 17.2 Å². The maximum atomic E-state index is 13.3. The Morgan fingerprint density at radius 2 is 1.55 bits per heavy atom. The fraction of sp³-hybridized carbons (Fsp3) is 0.364.